The third-order valence-electron chi connectivity index (χ3n) is 3.01. The van der Waals surface area contributed by atoms with E-state index >= 15 is 0 Å². The first kappa shape index (κ1) is 17.0. The second-order valence-corrected chi connectivity index (χ2v) is 5.97. The summed E-state index contributed by atoms with van der Waals surface area (Å²) in [6, 6.07) is 7.45. The second-order valence-electron chi connectivity index (χ2n) is 5.97. The molecule has 1 amide bonds. The van der Waals surface area contributed by atoms with E-state index in [0.717, 1.165) is 5.56 Å². The number of aliphatic carboxylic acids is 1. The van der Waals surface area contributed by atoms with Crippen molar-refractivity contribution >= 4 is 11.9 Å². The third kappa shape index (κ3) is 5.85. The summed E-state index contributed by atoms with van der Waals surface area (Å²) >= 11 is 0. The van der Waals surface area contributed by atoms with Gasteiger partial charge in [-0.15, -0.1) is 0 Å². The fourth-order valence-corrected chi connectivity index (χ4v) is 1.97. The van der Waals surface area contributed by atoms with Crippen molar-refractivity contribution in [2.75, 3.05) is 13.2 Å². The number of nitrogens with zero attached hydrogens (tertiary/aromatic N) is 1. The number of carboxylic acids is 1. The minimum Gasteiger partial charge on any atom is -0.484 e. The summed E-state index contributed by atoms with van der Waals surface area (Å²) in [5.41, 5.74) is 0.612. The van der Waals surface area contributed by atoms with Crippen LogP contribution in [-0.2, 0) is 9.59 Å². The highest BCUT2D eigenvalue weighted by Gasteiger charge is 2.27. The monoisotopic (exact) mass is 293 g/mol. The Kier molecular flexibility index (Phi) is 5.76. The molecule has 1 rings (SSSR count). The number of carbonyl (C=O) groups excluding carboxylic acids is 1. The minimum absolute atomic E-state index is 0.0759. The summed E-state index contributed by atoms with van der Waals surface area (Å²) in [7, 11) is 0. The van der Waals surface area contributed by atoms with Crippen LogP contribution in [-0.4, -0.2) is 40.6 Å². The summed E-state index contributed by atoms with van der Waals surface area (Å²) in [4.78, 5) is 24.5. The fraction of sp³-hybridized carbons (Fsp3) is 0.500. The van der Waals surface area contributed by atoms with E-state index in [-0.39, 0.29) is 25.5 Å². The molecule has 0 aliphatic carbocycles. The van der Waals surface area contributed by atoms with Crippen molar-refractivity contribution in [2.45, 2.75) is 39.7 Å². The second kappa shape index (κ2) is 7.11. The maximum Gasteiger partial charge on any atom is 0.305 e. The maximum atomic E-state index is 12.3. The number of amides is 1. The molecule has 0 aromatic heterocycles. The molecule has 0 radical (unpaired) electrons. The van der Waals surface area contributed by atoms with Crippen molar-refractivity contribution in [1.29, 1.82) is 0 Å². The number of ether oxygens (including phenoxy) is 1. The number of benzene rings is 1. The molecule has 5 nitrogen and oxygen atoms in total. The highest BCUT2D eigenvalue weighted by Crippen LogP contribution is 2.16. The van der Waals surface area contributed by atoms with Crippen molar-refractivity contribution in [3.8, 4) is 5.75 Å². The van der Waals surface area contributed by atoms with Gasteiger partial charge in [0.15, 0.2) is 6.61 Å². The molecule has 0 atom stereocenters. The third-order valence-corrected chi connectivity index (χ3v) is 3.01. The van der Waals surface area contributed by atoms with Gasteiger partial charge in [-0.25, -0.2) is 0 Å². The highest BCUT2D eigenvalue weighted by atomic mass is 16.5. The van der Waals surface area contributed by atoms with E-state index in [0.29, 0.717) is 5.75 Å². The molecule has 0 saturated carbocycles. The molecule has 0 fully saturated rings. The number of hydrogen-bond acceptors (Lipinski definition) is 3. The lowest BCUT2D eigenvalue weighted by atomic mass is 10.1. The Labute approximate surface area is 125 Å². The molecule has 0 aliphatic heterocycles. The predicted molar refractivity (Wildman–Crippen MR) is 80.4 cm³/mol. The van der Waals surface area contributed by atoms with Gasteiger partial charge in [-0.2, -0.15) is 0 Å². The Morgan fingerprint density at radius 1 is 1.29 bits per heavy atom. The van der Waals surface area contributed by atoms with E-state index < -0.39 is 11.5 Å². The summed E-state index contributed by atoms with van der Waals surface area (Å²) in [6.07, 6.45) is -0.0759. The number of carboxylic acid groups (broad SMARTS) is 1. The van der Waals surface area contributed by atoms with E-state index in [4.69, 9.17) is 9.84 Å². The number of carbonyl (C=O) groups is 2. The number of rotatable bonds is 6. The van der Waals surface area contributed by atoms with Crippen LogP contribution in [0.4, 0.5) is 0 Å². The molecule has 0 saturated heterocycles. The van der Waals surface area contributed by atoms with Crippen molar-refractivity contribution < 1.29 is 19.4 Å². The SMILES string of the molecule is Cc1cccc(OCC(=O)N(CCC(=O)O)C(C)(C)C)c1. The number of aryl methyl sites for hydroxylation is 1. The van der Waals surface area contributed by atoms with Crippen LogP contribution in [0.2, 0.25) is 0 Å². The van der Waals surface area contributed by atoms with Gasteiger partial charge < -0.3 is 14.7 Å². The van der Waals surface area contributed by atoms with E-state index in [1.54, 1.807) is 6.07 Å². The van der Waals surface area contributed by atoms with Gasteiger partial charge in [0, 0.05) is 12.1 Å². The van der Waals surface area contributed by atoms with E-state index in [2.05, 4.69) is 0 Å². The lowest BCUT2D eigenvalue weighted by Gasteiger charge is -2.35. The quantitative estimate of drug-likeness (QED) is 0.875. The topological polar surface area (TPSA) is 66.8 Å². The summed E-state index contributed by atoms with van der Waals surface area (Å²) in [5.74, 6) is -0.502. The molecule has 21 heavy (non-hydrogen) atoms. The normalized spacial score (nSPS) is 11.0. The zero-order valence-electron chi connectivity index (χ0n) is 13.0. The van der Waals surface area contributed by atoms with Gasteiger partial charge in [0.05, 0.1) is 6.42 Å². The van der Waals surface area contributed by atoms with Crippen LogP contribution in [0.5, 0.6) is 5.75 Å². The van der Waals surface area contributed by atoms with Crippen LogP contribution >= 0.6 is 0 Å². The van der Waals surface area contributed by atoms with Gasteiger partial charge in [0.2, 0.25) is 0 Å². The fourth-order valence-electron chi connectivity index (χ4n) is 1.97. The van der Waals surface area contributed by atoms with Gasteiger partial charge in [-0.05, 0) is 45.4 Å². The van der Waals surface area contributed by atoms with Crippen LogP contribution in [0, 0.1) is 6.92 Å². The van der Waals surface area contributed by atoms with Crippen molar-refractivity contribution in [2.24, 2.45) is 0 Å². The molecule has 0 heterocycles. The first-order valence-corrected chi connectivity index (χ1v) is 6.92. The largest absolute Gasteiger partial charge is 0.484 e. The van der Waals surface area contributed by atoms with E-state index in [1.165, 1.54) is 4.90 Å². The molecule has 0 spiro atoms. The minimum atomic E-state index is -0.920. The van der Waals surface area contributed by atoms with Crippen LogP contribution in [0.1, 0.15) is 32.8 Å². The zero-order chi connectivity index (χ0) is 16.0. The zero-order valence-corrected chi connectivity index (χ0v) is 13.0. The molecule has 0 unspecified atom stereocenters. The van der Waals surface area contributed by atoms with Gasteiger partial charge in [-0.3, -0.25) is 9.59 Å². The van der Waals surface area contributed by atoms with Crippen molar-refractivity contribution in [3.05, 3.63) is 29.8 Å². The van der Waals surface area contributed by atoms with Crippen LogP contribution in [0.15, 0.2) is 24.3 Å². The summed E-state index contributed by atoms with van der Waals surface area (Å²) in [5, 5.41) is 8.78. The van der Waals surface area contributed by atoms with Gasteiger partial charge in [-0.1, -0.05) is 12.1 Å². The van der Waals surface area contributed by atoms with E-state index in [9.17, 15) is 9.59 Å². The molecule has 1 aromatic rings. The standard InChI is InChI=1S/C16H23NO4/c1-12-6-5-7-13(10-12)21-11-14(18)17(16(2,3)4)9-8-15(19)20/h5-7,10H,8-9,11H2,1-4H3,(H,19,20). The summed E-state index contributed by atoms with van der Waals surface area (Å²) < 4.78 is 5.49. The maximum absolute atomic E-state index is 12.3. The Bertz CT molecular complexity index is 505. The highest BCUT2D eigenvalue weighted by molar-refractivity contribution is 5.79. The molecule has 0 bridgehead atoms. The summed E-state index contributed by atoms with van der Waals surface area (Å²) in [6.45, 7) is 7.65. The van der Waals surface area contributed by atoms with Gasteiger partial charge >= 0.3 is 5.97 Å². The van der Waals surface area contributed by atoms with Crippen molar-refractivity contribution in [3.63, 3.8) is 0 Å². The van der Waals surface area contributed by atoms with Crippen LogP contribution in [0.3, 0.4) is 0 Å². The Morgan fingerprint density at radius 3 is 2.48 bits per heavy atom. The first-order chi connectivity index (χ1) is 9.70. The molecular formula is C16H23NO4. The average molecular weight is 293 g/mol. The van der Waals surface area contributed by atoms with Gasteiger partial charge in [0.1, 0.15) is 5.75 Å². The Hall–Kier alpha value is -2.04. The molecule has 116 valence electrons. The predicted octanol–water partition coefficient (Wildman–Crippen LogP) is 2.48. The first-order valence-electron chi connectivity index (χ1n) is 6.92. The van der Waals surface area contributed by atoms with Crippen LogP contribution < -0.4 is 4.74 Å². The van der Waals surface area contributed by atoms with Gasteiger partial charge in [0.25, 0.3) is 5.91 Å². The van der Waals surface area contributed by atoms with E-state index in [1.807, 2.05) is 45.9 Å². The molecular weight excluding hydrogens is 270 g/mol. The smallest absolute Gasteiger partial charge is 0.305 e. The molecule has 5 heteroatoms. The van der Waals surface area contributed by atoms with Crippen LogP contribution in [0.25, 0.3) is 0 Å². The number of hydrogen-bond donors (Lipinski definition) is 1. The molecule has 1 aromatic carbocycles. The van der Waals surface area contributed by atoms with Crippen molar-refractivity contribution in [1.82, 2.24) is 4.90 Å². The Morgan fingerprint density at radius 2 is 1.95 bits per heavy atom. The molecule has 0 aliphatic rings. The molecule has 1 N–H and O–H groups in total. The Balaban J connectivity index is 2.66. The lowest BCUT2D eigenvalue weighted by Crippen LogP contribution is -2.48. The average Bonchev–Trinajstić information content (AvgIpc) is 2.34. The lowest BCUT2D eigenvalue weighted by molar-refractivity contribution is -0.141.